The standard InChI is InChI=1S/C13H22N4O2S/c1-4-7-14-8-6-10-17-12-13(11-15-17)20(18,19)16(3)9-5-2/h2,11-12,14H,4,6-10H2,1,3H3. The molecule has 1 N–H and O–H groups in total. The highest BCUT2D eigenvalue weighted by Crippen LogP contribution is 2.12. The van der Waals surface area contributed by atoms with E-state index in [1.54, 1.807) is 10.9 Å². The predicted molar refractivity (Wildman–Crippen MR) is 78.7 cm³/mol. The summed E-state index contributed by atoms with van der Waals surface area (Å²) in [7, 11) is -2.07. The van der Waals surface area contributed by atoms with E-state index in [2.05, 4.69) is 23.3 Å². The van der Waals surface area contributed by atoms with Gasteiger partial charge in [-0.25, -0.2) is 8.42 Å². The van der Waals surface area contributed by atoms with Crippen LogP contribution >= 0.6 is 0 Å². The molecule has 1 aromatic heterocycles. The molecule has 7 heteroatoms. The molecule has 0 spiro atoms. The van der Waals surface area contributed by atoms with Crippen LogP contribution in [0.1, 0.15) is 19.8 Å². The van der Waals surface area contributed by atoms with Crippen LogP contribution in [-0.4, -0.2) is 49.2 Å². The van der Waals surface area contributed by atoms with Crippen LogP contribution in [0, 0.1) is 12.3 Å². The van der Waals surface area contributed by atoms with Crippen molar-refractivity contribution in [1.82, 2.24) is 19.4 Å². The number of nitrogens with zero attached hydrogens (tertiary/aromatic N) is 3. The Labute approximate surface area is 121 Å². The third-order valence-corrected chi connectivity index (χ3v) is 4.56. The van der Waals surface area contributed by atoms with E-state index in [-0.39, 0.29) is 11.4 Å². The average Bonchev–Trinajstić information content (AvgIpc) is 2.88. The molecule has 0 bridgehead atoms. The number of terminal acetylenes is 1. The lowest BCUT2D eigenvalue weighted by Crippen LogP contribution is -2.26. The maximum Gasteiger partial charge on any atom is 0.246 e. The molecular formula is C13H22N4O2S. The van der Waals surface area contributed by atoms with Gasteiger partial charge in [0.25, 0.3) is 0 Å². The van der Waals surface area contributed by atoms with Crippen LogP contribution in [0.25, 0.3) is 0 Å². The molecule has 20 heavy (non-hydrogen) atoms. The summed E-state index contributed by atoms with van der Waals surface area (Å²) >= 11 is 0. The summed E-state index contributed by atoms with van der Waals surface area (Å²) in [6.07, 6.45) is 10.0. The summed E-state index contributed by atoms with van der Waals surface area (Å²) in [5, 5.41) is 7.36. The van der Waals surface area contributed by atoms with Gasteiger partial charge < -0.3 is 5.32 Å². The molecule has 0 saturated heterocycles. The fraction of sp³-hybridized carbons (Fsp3) is 0.615. The maximum absolute atomic E-state index is 12.1. The third-order valence-electron chi connectivity index (χ3n) is 2.80. The number of aromatic nitrogens is 2. The second kappa shape index (κ2) is 8.04. The van der Waals surface area contributed by atoms with Gasteiger partial charge in [-0.05, 0) is 25.9 Å². The maximum atomic E-state index is 12.1. The topological polar surface area (TPSA) is 67.2 Å². The Morgan fingerprint density at radius 2 is 2.25 bits per heavy atom. The summed E-state index contributed by atoms with van der Waals surface area (Å²) < 4.78 is 27.0. The van der Waals surface area contributed by atoms with Gasteiger partial charge in [-0.3, -0.25) is 4.68 Å². The number of aryl methyl sites for hydroxylation is 1. The van der Waals surface area contributed by atoms with Crippen molar-refractivity contribution in [2.45, 2.75) is 31.2 Å². The SMILES string of the molecule is C#CCN(C)S(=O)(=O)c1cnn(CCCNCCC)c1. The van der Waals surface area contributed by atoms with Crippen molar-refractivity contribution in [2.24, 2.45) is 0 Å². The van der Waals surface area contributed by atoms with Crippen molar-refractivity contribution in [3.8, 4) is 12.3 Å². The molecule has 1 aromatic rings. The van der Waals surface area contributed by atoms with Gasteiger partial charge in [0, 0.05) is 19.8 Å². The minimum Gasteiger partial charge on any atom is -0.317 e. The van der Waals surface area contributed by atoms with Gasteiger partial charge in [0.1, 0.15) is 4.90 Å². The van der Waals surface area contributed by atoms with Crippen LogP contribution in [0.4, 0.5) is 0 Å². The van der Waals surface area contributed by atoms with E-state index in [4.69, 9.17) is 6.42 Å². The number of hydrogen-bond acceptors (Lipinski definition) is 4. The molecule has 1 heterocycles. The first-order chi connectivity index (χ1) is 9.52. The first-order valence-corrected chi connectivity index (χ1v) is 8.09. The smallest absolute Gasteiger partial charge is 0.246 e. The Hall–Kier alpha value is -1.36. The van der Waals surface area contributed by atoms with Gasteiger partial charge in [-0.1, -0.05) is 12.8 Å². The van der Waals surface area contributed by atoms with Crippen molar-refractivity contribution >= 4 is 10.0 Å². The number of nitrogens with one attached hydrogen (secondary N) is 1. The van der Waals surface area contributed by atoms with E-state index >= 15 is 0 Å². The largest absolute Gasteiger partial charge is 0.317 e. The van der Waals surface area contributed by atoms with Crippen molar-refractivity contribution in [2.75, 3.05) is 26.7 Å². The first-order valence-electron chi connectivity index (χ1n) is 6.65. The van der Waals surface area contributed by atoms with E-state index in [0.29, 0.717) is 6.54 Å². The number of hydrogen-bond donors (Lipinski definition) is 1. The van der Waals surface area contributed by atoms with Gasteiger partial charge in [0.15, 0.2) is 0 Å². The van der Waals surface area contributed by atoms with Gasteiger partial charge >= 0.3 is 0 Å². The fourth-order valence-corrected chi connectivity index (χ4v) is 2.70. The highest BCUT2D eigenvalue weighted by Gasteiger charge is 2.21. The van der Waals surface area contributed by atoms with Crippen molar-refractivity contribution < 1.29 is 8.42 Å². The van der Waals surface area contributed by atoms with Crippen LogP contribution in [0.5, 0.6) is 0 Å². The minimum absolute atomic E-state index is 0.0501. The van der Waals surface area contributed by atoms with E-state index in [0.717, 1.165) is 30.2 Å². The van der Waals surface area contributed by atoms with Crippen LogP contribution in [-0.2, 0) is 16.6 Å². The van der Waals surface area contributed by atoms with Gasteiger partial charge in [-0.2, -0.15) is 9.40 Å². The summed E-state index contributed by atoms with van der Waals surface area (Å²) in [5.74, 6) is 2.32. The second-order valence-electron chi connectivity index (χ2n) is 4.51. The molecule has 0 unspecified atom stereocenters. The highest BCUT2D eigenvalue weighted by molar-refractivity contribution is 7.89. The summed E-state index contributed by atoms with van der Waals surface area (Å²) in [4.78, 5) is 0.178. The minimum atomic E-state index is -3.53. The van der Waals surface area contributed by atoms with E-state index in [1.165, 1.54) is 13.2 Å². The zero-order valence-electron chi connectivity index (χ0n) is 12.0. The normalized spacial score (nSPS) is 11.7. The van der Waals surface area contributed by atoms with Crippen molar-refractivity contribution in [1.29, 1.82) is 0 Å². The summed E-state index contributed by atoms with van der Waals surface area (Å²) in [5.41, 5.74) is 0. The molecule has 0 aliphatic heterocycles. The lowest BCUT2D eigenvalue weighted by molar-refractivity contribution is 0.502. The van der Waals surface area contributed by atoms with Gasteiger partial charge in [0.05, 0.1) is 12.7 Å². The van der Waals surface area contributed by atoms with Crippen LogP contribution < -0.4 is 5.32 Å². The lowest BCUT2D eigenvalue weighted by Gasteiger charge is -2.12. The summed E-state index contributed by atoms with van der Waals surface area (Å²) in [6, 6.07) is 0. The van der Waals surface area contributed by atoms with E-state index < -0.39 is 10.0 Å². The Morgan fingerprint density at radius 1 is 1.50 bits per heavy atom. The first kappa shape index (κ1) is 16.7. The molecule has 112 valence electrons. The molecule has 0 amide bonds. The molecule has 0 atom stereocenters. The molecule has 0 saturated carbocycles. The zero-order valence-corrected chi connectivity index (χ0v) is 12.9. The molecule has 0 radical (unpaired) electrons. The van der Waals surface area contributed by atoms with E-state index in [9.17, 15) is 8.42 Å². The lowest BCUT2D eigenvalue weighted by atomic mass is 10.4. The Bertz CT molecular complexity index is 545. The van der Waals surface area contributed by atoms with E-state index in [1.807, 2.05) is 0 Å². The van der Waals surface area contributed by atoms with Gasteiger partial charge in [-0.15, -0.1) is 6.42 Å². The van der Waals surface area contributed by atoms with Crippen LogP contribution in [0.3, 0.4) is 0 Å². The molecule has 1 rings (SSSR count). The number of sulfonamides is 1. The average molecular weight is 298 g/mol. The quantitative estimate of drug-likeness (QED) is 0.533. The Kier molecular flexibility index (Phi) is 6.71. The summed E-state index contributed by atoms with van der Waals surface area (Å²) in [6.45, 7) is 4.74. The van der Waals surface area contributed by atoms with Gasteiger partial charge in [0.2, 0.25) is 10.0 Å². The predicted octanol–water partition coefficient (Wildman–Crippen LogP) is 0.526. The zero-order chi connectivity index (χ0) is 15.0. The molecule has 0 fully saturated rings. The Balaban J connectivity index is 2.57. The second-order valence-corrected chi connectivity index (χ2v) is 6.55. The van der Waals surface area contributed by atoms with Crippen LogP contribution in [0.15, 0.2) is 17.3 Å². The molecule has 6 nitrogen and oxygen atoms in total. The molecule has 0 aliphatic carbocycles. The van der Waals surface area contributed by atoms with Crippen molar-refractivity contribution in [3.63, 3.8) is 0 Å². The molecular weight excluding hydrogens is 276 g/mol. The van der Waals surface area contributed by atoms with Crippen molar-refractivity contribution in [3.05, 3.63) is 12.4 Å². The third kappa shape index (κ3) is 4.63. The molecule has 0 aliphatic rings. The Morgan fingerprint density at radius 3 is 2.90 bits per heavy atom. The van der Waals surface area contributed by atoms with Crippen LogP contribution in [0.2, 0.25) is 0 Å². The monoisotopic (exact) mass is 298 g/mol. The molecule has 0 aromatic carbocycles. The highest BCUT2D eigenvalue weighted by atomic mass is 32.2. The fourth-order valence-electron chi connectivity index (χ4n) is 1.66. The number of rotatable bonds is 9.